The lowest BCUT2D eigenvalue weighted by molar-refractivity contribution is 0.333. The van der Waals surface area contributed by atoms with E-state index in [4.69, 9.17) is 4.74 Å². The van der Waals surface area contributed by atoms with E-state index in [-0.39, 0.29) is 0 Å². The maximum Gasteiger partial charge on any atom is 0.161 e. The number of aromatic nitrogens is 2. The van der Waals surface area contributed by atoms with E-state index >= 15 is 0 Å². The molecule has 0 spiro atoms. The van der Waals surface area contributed by atoms with Gasteiger partial charge in [0.1, 0.15) is 18.2 Å². The highest BCUT2D eigenvalue weighted by Gasteiger charge is 2.04. The molecule has 0 atom stereocenters. The Bertz CT molecular complexity index is 745. The molecule has 1 aromatic heterocycles. The number of nitrogens with one attached hydrogen (secondary N) is 1. The van der Waals surface area contributed by atoms with Crippen molar-refractivity contribution in [1.29, 1.82) is 0 Å². The number of aryl methyl sites for hydroxylation is 1. The molecule has 0 fully saturated rings. The van der Waals surface area contributed by atoms with Crippen LogP contribution in [0.4, 0.5) is 5.82 Å². The fourth-order valence-corrected chi connectivity index (χ4v) is 2.24. The summed E-state index contributed by atoms with van der Waals surface area (Å²) in [5.74, 6) is 2.42. The van der Waals surface area contributed by atoms with Crippen molar-refractivity contribution < 1.29 is 4.74 Å². The number of hydrogen-bond donors (Lipinski definition) is 1. The second kappa shape index (κ2) is 7.40. The Kier molecular flexibility index (Phi) is 4.84. The summed E-state index contributed by atoms with van der Waals surface area (Å²) in [4.78, 5) is 9.07. The number of hydrogen-bond acceptors (Lipinski definition) is 4. The molecule has 3 aromatic rings. The Hall–Kier alpha value is -2.88. The lowest BCUT2D eigenvalue weighted by atomic mass is 10.2. The number of benzene rings is 2. The number of para-hydroxylation sites is 1. The summed E-state index contributed by atoms with van der Waals surface area (Å²) in [6, 6.07) is 21.7. The third-order valence-electron chi connectivity index (χ3n) is 3.31. The molecule has 0 aliphatic carbocycles. The van der Waals surface area contributed by atoms with E-state index < -0.39 is 0 Å². The van der Waals surface area contributed by atoms with Gasteiger partial charge in [-0.2, -0.15) is 0 Å². The van der Waals surface area contributed by atoms with Crippen molar-refractivity contribution in [2.75, 3.05) is 18.5 Å². The maximum absolute atomic E-state index is 5.67. The highest BCUT2D eigenvalue weighted by Crippen LogP contribution is 2.17. The fourth-order valence-electron chi connectivity index (χ4n) is 2.24. The predicted octanol–water partition coefficient (Wildman–Crippen LogP) is 3.94. The van der Waals surface area contributed by atoms with Crippen LogP contribution in [0.5, 0.6) is 5.75 Å². The Balaban J connectivity index is 1.61. The maximum atomic E-state index is 5.67. The zero-order valence-electron chi connectivity index (χ0n) is 13.1. The van der Waals surface area contributed by atoms with Gasteiger partial charge < -0.3 is 10.1 Å². The van der Waals surface area contributed by atoms with Gasteiger partial charge in [0, 0.05) is 17.3 Å². The van der Waals surface area contributed by atoms with Gasteiger partial charge in [0.05, 0.1) is 6.54 Å². The van der Waals surface area contributed by atoms with Crippen LogP contribution in [0.15, 0.2) is 66.7 Å². The lowest BCUT2D eigenvalue weighted by Gasteiger charge is -2.10. The van der Waals surface area contributed by atoms with Crippen molar-refractivity contribution in [3.63, 3.8) is 0 Å². The van der Waals surface area contributed by atoms with Crippen molar-refractivity contribution in [2.45, 2.75) is 6.92 Å². The van der Waals surface area contributed by atoms with Crippen LogP contribution >= 0.6 is 0 Å². The van der Waals surface area contributed by atoms with Crippen LogP contribution in [0.3, 0.4) is 0 Å². The predicted molar refractivity (Wildman–Crippen MR) is 92.6 cm³/mol. The average Bonchev–Trinajstić information content (AvgIpc) is 2.60. The van der Waals surface area contributed by atoms with E-state index in [1.165, 1.54) is 0 Å². The third kappa shape index (κ3) is 4.30. The molecule has 23 heavy (non-hydrogen) atoms. The first-order valence-corrected chi connectivity index (χ1v) is 7.64. The van der Waals surface area contributed by atoms with E-state index in [0.717, 1.165) is 28.6 Å². The summed E-state index contributed by atoms with van der Waals surface area (Å²) >= 11 is 0. The van der Waals surface area contributed by atoms with Gasteiger partial charge >= 0.3 is 0 Å². The smallest absolute Gasteiger partial charge is 0.161 e. The van der Waals surface area contributed by atoms with Crippen LogP contribution < -0.4 is 10.1 Å². The fraction of sp³-hybridized carbons (Fsp3) is 0.158. The molecule has 1 heterocycles. The monoisotopic (exact) mass is 305 g/mol. The number of nitrogens with zero attached hydrogens (tertiary/aromatic N) is 2. The van der Waals surface area contributed by atoms with Gasteiger partial charge in [-0.15, -0.1) is 0 Å². The second-order valence-electron chi connectivity index (χ2n) is 5.17. The lowest BCUT2D eigenvalue weighted by Crippen LogP contribution is -2.13. The molecule has 1 N–H and O–H groups in total. The number of ether oxygens (including phenoxy) is 1. The van der Waals surface area contributed by atoms with Gasteiger partial charge in [0.25, 0.3) is 0 Å². The van der Waals surface area contributed by atoms with E-state index in [1.807, 2.05) is 73.7 Å². The van der Waals surface area contributed by atoms with E-state index in [1.54, 1.807) is 0 Å². The van der Waals surface area contributed by atoms with Crippen molar-refractivity contribution in [2.24, 2.45) is 0 Å². The molecule has 0 unspecified atom stereocenters. The molecule has 0 saturated carbocycles. The van der Waals surface area contributed by atoms with Crippen LogP contribution in [0, 0.1) is 6.92 Å². The van der Waals surface area contributed by atoms with E-state index in [0.29, 0.717) is 13.2 Å². The minimum Gasteiger partial charge on any atom is -0.492 e. The minimum atomic E-state index is 0.577. The van der Waals surface area contributed by atoms with Gasteiger partial charge in [0.2, 0.25) is 0 Å². The van der Waals surface area contributed by atoms with Crippen LogP contribution in [0.1, 0.15) is 5.69 Å². The molecule has 0 radical (unpaired) electrons. The molecular formula is C19H19N3O. The van der Waals surface area contributed by atoms with Crippen molar-refractivity contribution >= 4 is 5.82 Å². The zero-order valence-corrected chi connectivity index (χ0v) is 13.1. The molecular weight excluding hydrogens is 286 g/mol. The van der Waals surface area contributed by atoms with Crippen LogP contribution in [-0.4, -0.2) is 23.1 Å². The standard InChI is InChI=1S/C19H19N3O/c1-15-14-18(20-12-13-23-17-10-6-3-7-11-17)22-19(21-15)16-8-4-2-5-9-16/h2-11,14H,12-13H2,1H3,(H,20,21,22). The Labute approximate surface area is 136 Å². The zero-order chi connectivity index (χ0) is 15.9. The Morgan fingerprint density at radius 1 is 0.913 bits per heavy atom. The Morgan fingerprint density at radius 3 is 2.35 bits per heavy atom. The number of rotatable bonds is 6. The first-order chi connectivity index (χ1) is 11.3. The van der Waals surface area contributed by atoms with Crippen molar-refractivity contribution in [3.8, 4) is 17.1 Å². The highest BCUT2D eigenvalue weighted by molar-refractivity contribution is 5.57. The SMILES string of the molecule is Cc1cc(NCCOc2ccccc2)nc(-c2ccccc2)n1. The normalized spacial score (nSPS) is 10.3. The quantitative estimate of drug-likeness (QED) is 0.701. The van der Waals surface area contributed by atoms with E-state index in [2.05, 4.69) is 15.3 Å². The second-order valence-corrected chi connectivity index (χ2v) is 5.17. The molecule has 0 aliphatic rings. The van der Waals surface area contributed by atoms with Crippen LogP contribution in [0.25, 0.3) is 11.4 Å². The molecule has 0 amide bonds. The summed E-state index contributed by atoms with van der Waals surface area (Å²) in [6.45, 7) is 3.23. The highest BCUT2D eigenvalue weighted by atomic mass is 16.5. The van der Waals surface area contributed by atoms with Crippen molar-refractivity contribution in [1.82, 2.24) is 9.97 Å². The first kappa shape index (κ1) is 15.0. The molecule has 4 nitrogen and oxygen atoms in total. The largest absolute Gasteiger partial charge is 0.492 e. The number of anilines is 1. The summed E-state index contributed by atoms with van der Waals surface area (Å²) < 4.78 is 5.67. The summed E-state index contributed by atoms with van der Waals surface area (Å²) in [7, 11) is 0. The van der Waals surface area contributed by atoms with Crippen LogP contribution in [0.2, 0.25) is 0 Å². The van der Waals surface area contributed by atoms with Gasteiger partial charge in [-0.1, -0.05) is 48.5 Å². The van der Waals surface area contributed by atoms with Gasteiger partial charge in [-0.05, 0) is 19.1 Å². The summed E-state index contributed by atoms with van der Waals surface area (Å²) in [6.07, 6.45) is 0. The summed E-state index contributed by atoms with van der Waals surface area (Å²) in [5.41, 5.74) is 1.95. The van der Waals surface area contributed by atoms with Crippen molar-refractivity contribution in [3.05, 3.63) is 72.4 Å². The summed E-state index contributed by atoms with van der Waals surface area (Å²) in [5, 5.41) is 3.29. The topological polar surface area (TPSA) is 47.0 Å². The molecule has 0 bridgehead atoms. The molecule has 4 heteroatoms. The molecule has 2 aromatic carbocycles. The molecule has 116 valence electrons. The van der Waals surface area contributed by atoms with Gasteiger partial charge in [-0.3, -0.25) is 0 Å². The van der Waals surface area contributed by atoms with E-state index in [9.17, 15) is 0 Å². The molecule has 3 rings (SSSR count). The van der Waals surface area contributed by atoms with Crippen LogP contribution in [-0.2, 0) is 0 Å². The average molecular weight is 305 g/mol. The van der Waals surface area contributed by atoms with Gasteiger partial charge in [-0.25, -0.2) is 9.97 Å². The Morgan fingerprint density at radius 2 is 1.61 bits per heavy atom. The van der Waals surface area contributed by atoms with Gasteiger partial charge in [0.15, 0.2) is 5.82 Å². The minimum absolute atomic E-state index is 0.577. The molecule has 0 aliphatic heterocycles. The third-order valence-corrected chi connectivity index (χ3v) is 3.31. The first-order valence-electron chi connectivity index (χ1n) is 7.64. The molecule has 0 saturated heterocycles.